The summed E-state index contributed by atoms with van der Waals surface area (Å²) in [5, 5.41) is 0.518. The van der Waals surface area contributed by atoms with Crippen molar-refractivity contribution < 1.29 is 4.42 Å². The predicted octanol–water partition coefficient (Wildman–Crippen LogP) is 3.63. The fourth-order valence-corrected chi connectivity index (χ4v) is 2.24. The lowest BCUT2D eigenvalue weighted by Crippen LogP contribution is -2.23. The van der Waals surface area contributed by atoms with E-state index >= 15 is 0 Å². The zero-order valence-electron chi connectivity index (χ0n) is 10.8. The van der Waals surface area contributed by atoms with Crippen LogP contribution in [0.3, 0.4) is 0 Å². The summed E-state index contributed by atoms with van der Waals surface area (Å²) in [7, 11) is 0. The van der Waals surface area contributed by atoms with E-state index in [0.29, 0.717) is 17.6 Å². The molecule has 0 bridgehead atoms. The smallest absolute Gasteiger partial charge is 0.135 e. The first-order chi connectivity index (χ1) is 9.26. The Morgan fingerprint density at radius 3 is 2.89 bits per heavy atom. The quantitative estimate of drug-likeness (QED) is 0.783. The summed E-state index contributed by atoms with van der Waals surface area (Å²) < 4.78 is 5.39. The number of rotatable bonds is 5. The first kappa shape index (κ1) is 12.5. The minimum absolute atomic E-state index is 0.500. The summed E-state index contributed by atoms with van der Waals surface area (Å²) in [5.41, 5.74) is 0. The normalized spacial score (nSPS) is 14.6. The Morgan fingerprint density at radius 1 is 1.42 bits per heavy atom. The van der Waals surface area contributed by atoms with Gasteiger partial charge in [-0.3, -0.25) is 0 Å². The molecule has 0 unspecified atom stereocenters. The van der Waals surface area contributed by atoms with Crippen molar-refractivity contribution >= 4 is 17.4 Å². The summed E-state index contributed by atoms with van der Waals surface area (Å²) in [6, 6.07) is 5.68. The van der Waals surface area contributed by atoms with Gasteiger partial charge in [0.15, 0.2) is 0 Å². The standard InChI is InChI=1S/C14H16ClN3O/c1-2-18(9-11-4-3-7-19-11)13-8-12(15)16-14(17-13)10-5-6-10/h3-4,7-8,10H,2,5-6,9H2,1H3. The van der Waals surface area contributed by atoms with Crippen molar-refractivity contribution in [1.29, 1.82) is 0 Å². The lowest BCUT2D eigenvalue weighted by Gasteiger charge is -2.21. The van der Waals surface area contributed by atoms with Crippen molar-refractivity contribution in [3.63, 3.8) is 0 Å². The van der Waals surface area contributed by atoms with Crippen LogP contribution < -0.4 is 4.90 Å². The molecule has 0 N–H and O–H groups in total. The van der Waals surface area contributed by atoms with E-state index in [1.165, 1.54) is 12.8 Å². The zero-order valence-corrected chi connectivity index (χ0v) is 11.6. The molecule has 2 heterocycles. The summed E-state index contributed by atoms with van der Waals surface area (Å²) in [5.74, 6) is 3.17. The van der Waals surface area contributed by atoms with Gasteiger partial charge in [-0.2, -0.15) is 0 Å². The molecule has 0 radical (unpaired) electrons. The van der Waals surface area contributed by atoms with Crippen LogP contribution in [-0.4, -0.2) is 16.5 Å². The summed E-state index contributed by atoms with van der Waals surface area (Å²) in [6.07, 6.45) is 4.03. The van der Waals surface area contributed by atoms with Crippen molar-refractivity contribution in [2.45, 2.75) is 32.2 Å². The van der Waals surface area contributed by atoms with Gasteiger partial charge in [-0.15, -0.1) is 0 Å². The lowest BCUT2D eigenvalue weighted by molar-refractivity contribution is 0.502. The maximum Gasteiger partial charge on any atom is 0.135 e. The van der Waals surface area contributed by atoms with Crippen LogP contribution in [0.2, 0.25) is 5.15 Å². The van der Waals surface area contributed by atoms with Gasteiger partial charge < -0.3 is 9.32 Å². The van der Waals surface area contributed by atoms with Crippen LogP contribution in [0.15, 0.2) is 28.9 Å². The van der Waals surface area contributed by atoms with E-state index in [9.17, 15) is 0 Å². The van der Waals surface area contributed by atoms with Crippen molar-refractivity contribution in [1.82, 2.24) is 9.97 Å². The first-order valence-corrected chi connectivity index (χ1v) is 6.96. The minimum atomic E-state index is 0.500. The largest absolute Gasteiger partial charge is 0.467 e. The number of hydrogen-bond donors (Lipinski definition) is 0. The third-order valence-corrected chi connectivity index (χ3v) is 3.47. The summed E-state index contributed by atoms with van der Waals surface area (Å²) >= 11 is 6.10. The van der Waals surface area contributed by atoms with Crippen LogP contribution in [-0.2, 0) is 6.54 Å². The highest BCUT2D eigenvalue weighted by atomic mass is 35.5. The Kier molecular flexibility index (Phi) is 3.42. The molecule has 0 atom stereocenters. The number of furan rings is 1. The van der Waals surface area contributed by atoms with Crippen LogP contribution in [0, 0.1) is 0 Å². The fourth-order valence-electron chi connectivity index (χ4n) is 2.05. The zero-order chi connectivity index (χ0) is 13.2. The number of anilines is 1. The molecule has 3 rings (SSSR count). The Hall–Kier alpha value is -1.55. The number of halogens is 1. The second-order valence-corrected chi connectivity index (χ2v) is 5.16. The van der Waals surface area contributed by atoms with Crippen LogP contribution in [0.4, 0.5) is 5.82 Å². The highest BCUT2D eigenvalue weighted by Crippen LogP contribution is 2.39. The molecule has 0 spiro atoms. The topological polar surface area (TPSA) is 42.2 Å². The second kappa shape index (κ2) is 5.21. The van der Waals surface area contributed by atoms with Crippen molar-refractivity contribution in [3.05, 3.63) is 41.2 Å². The lowest BCUT2D eigenvalue weighted by atomic mass is 10.3. The van der Waals surface area contributed by atoms with Gasteiger partial charge in [0.25, 0.3) is 0 Å². The van der Waals surface area contributed by atoms with Gasteiger partial charge in [0, 0.05) is 18.5 Å². The van der Waals surface area contributed by atoms with Gasteiger partial charge in [0.05, 0.1) is 12.8 Å². The summed E-state index contributed by atoms with van der Waals surface area (Å²) in [6.45, 7) is 3.63. The molecule has 1 aliphatic rings. The monoisotopic (exact) mass is 277 g/mol. The van der Waals surface area contributed by atoms with Crippen molar-refractivity contribution in [3.8, 4) is 0 Å². The molecule has 0 aliphatic heterocycles. The highest BCUT2D eigenvalue weighted by Gasteiger charge is 2.27. The predicted molar refractivity (Wildman–Crippen MR) is 74.4 cm³/mol. The van der Waals surface area contributed by atoms with E-state index in [0.717, 1.165) is 23.9 Å². The highest BCUT2D eigenvalue weighted by molar-refractivity contribution is 6.29. The van der Waals surface area contributed by atoms with E-state index in [-0.39, 0.29) is 0 Å². The molecule has 0 aromatic carbocycles. The van der Waals surface area contributed by atoms with Gasteiger partial charge in [0.1, 0.15) is 22.6 Å². The minimum Gasteiger partial charge on any atom is -0.467 e. The third-order valence-electron chi connectivity index (χ3n) is 3.27. The Bertz CT molecular complexity index is 552. The molecule has 2 aromatic rings. The number of aromatic nitrogens is 2. The number of hydrogen-bond acceptors (Lipinski definition) is 4. The molecule has 1 saturated carbocycles. The first-order valence-electron chi connectivity index (χ1n) is 6.58. The number of nitrogens with zero attached hydrogens (tertiary/aromatic N) is 3. The van der Waals surface area contributed by atoms with E-state index < -0.39 is 0 Å². The average molecular weight is 278 g/mol. The molecule has 1 fully saturated rings. The van der Waals surface area contributed by atoms with Gasteiger partial charge in [-0.1, -0.05) is 11.6 Å². The fraction of sp³-hybridized carbons (Fsp3) is 0.429. The van der Waals surface area contributed by atoms with Crippen LogP contribution in [0.5, 0.6) is 0 Å². The molecule has 4 nitrogen and oxygen atoms in total. The van der Waals surface area contributed by atoms with Gasteiger partial charge >= 0.3 is 0 Å². The van der Waals surface area contributed by atoms with E-state index in [4.69, 9.17) is 16.0 Å². The average Bonchev–Trinajstić information content (AvgIpc) is 3.13. The van der Waals surface area contributed by atoms with E-state index in [1.54, 1.807) is 6.26 Å². The Morgan fingerprint density at radius 2 is 2.26 bits per heavy atom. The maximum atomic E-state index is 6.10. The molecule has 1 aliphatic carbocycles. The maximum absolute atomic E-state index is 6.10. The second-order valence-electron chi connectivity index (χ2n) is 4.77. The molecular weight excluding hydrogens is 262 g/mol. The molecule has 19 heavy (non-hydrogen) atoms. The van der Waals surface area contributed by atoms with Crippen molar-refractivity contribution in [2.75, 3.05) is 11.4 Å². The Balaban J connectivity index is 1.85. The molecule has 2 aromatic heterocycles. The molecular formula is C14H16ClN3O. The van der Waals surface area contributed by atoms with Crippen LogP contribution in [0.25, 0.3) is 0 Å². The molecule has 100 valence electrons. The molecule has 0 amide bonds. The van der Waals surface area contributed by atoms with Crippen molar-refractivity contribution in [2.24, 2.45) is 0 Å². The summed E-state index contributed by atoms with van der Waals surface area (Å²) in [4.78, 5) is 11.1. The van der Waals surface area contributed by atoms with Gasteiger partial charge in [-0.25, -0.2) is 9.97 Å². The van der Waals surface area contributed by atoms with Gasteiger partial charge in [0.2, 0.25) is 0 Å². The third kappa shape index (κ3) is 2.89. The molecule has 0 saturated heterocycles. The van der Waals surface area contributed by atoms with E-state index in [2.05, 4.69) is 21.8 Å². The van der Waals surface area contributed by atoms with E-state index in [1.807, 2.05) is 18.2 Å². The van der Waals surface area contributed by atoms with Crippen LogP contribution >= 0.6 is 11.6 Å². The SMILES string of the molecule is CCN(Cc1ccco1)c1cc(Cl)nc(C2CC2)n1. The molecule has 5 heteroatoms. The van der Waals surface area contributed by atoms with Crippen LogP contribution in [0.1, 0.15) is 37.3 Å². The Labute approximate surface area is 117 Å². The van der Waals surface area contributed by atoms with Gasteiger partial charge in [-0.05, 0) is 31.9 Å².